The Morgan fingerprint density at radius 2 is 2.00 bits per heavy atom. The van der Waals surface area contributed by atoms with Crippen LogP contribution in [-0.2, 0) is 6.54 Å². The number of hydrogen-bond donors (Lipinski definition) is 2. The summed E-state index contributed by atoms with van der Waals surface area (Å²) < 4.78 is 16.0. The van der Waals surface area contributed by atoms with Crippen LogP contribution in [0.2, 0.25) is 0 Å². The zero-order chi connectivity index (χ0) is 20.2. The van der Waals surface area contributed by atoms with Gasteiger partial charge in [-0.05, 0) is 61.3 Å². The van der Waals surface area contributed by atoms with Gasteiger partial charge in [-0.1, -0.05) is 6.07 Å². The quantitative estimate of drug-likeness (QED) is 0.804. The first-order chi connectivity index (χ1) is 14.1. The van der Waals surface area contributed by atoms with E-state index in [9.17, 15) is 9.90 Å². The SMILES string of the molecule is COc1ccc(C(=O)N[C@H]2CN(Cc3ccc4c(c3)OCO4)CCC[C@H]2O)cc1. The number of hydrogen-bond acceptors (Lipinski definition) is 6. The van der Waals surface area contributed by atoms with Crippen LogP contribution in [0.3, 0.4) is 0 Å². The largest absolute Gasteiger partial charge is 0.497 e. The predicted molar refractivity (Wildman–Crippen MR) is 107 cm³/mol. The van der Waals surface area contributed by atoms with Crippen molar-refractivity contribution in [2.45, 2.75) is 31.5 Å². The number of amides is 1. The zero-order valence-electron chi connectivity index (χ0n) is 16.5. The smallest absolute Gasteiger partial charge is 0.251 e. The Labute approximate surface area is 170 Å². The molecule has 0 bridgehead atoms. The van der Waals surface area contributed by atoms with Gasteiger partial charge in [0.2, 0.25) is 6.79 Å². The minimum atomic E-state index is -0.570. The monoisotopic (exact) mass is 398 g/mol. The van der Waals surface area contributed by atoms with Gasteiger partial charge in [0.05, 0.1) is 19.3 Å². The third-order valence-electron chi connectivity index (χ3n) is 5.41. The number of rotatable bonds is 5. The van der Waals surface area contributed by atoms with Crippen LogP contribution in [0.15, 0.2) is 42.5 Å². The highest BCUT2D eigenvalue weighted by Gasteiger charge is 2.27. The van der Waals surface area contributed by atoms with Crippen LogP contribution in [0.25, 0.3) is 0 Å². The van der Waals surface area contributed by atoms with Crippen molar-refractivity contribution in [2.24, 2.45) is 0 Å². The maximum atomic E-state index is 12.7. The molecular formula is C22H26N2O5. The average molecular weight is 398 g/mol. The van der Waals surface area contributed by atoms with Crippen molar-refractivity contribution in [3.63, 3.8) is 0 Å². The number of carbonyl (C=O) groups excluding carboxylic acids is 1. The Morgan fingerprint density at radius 1 is 1.21 bits per heavy atom. The Morgan fingerprint density at radius 3 is 2.79 bits per heavy atom. The van der Waals surface area contributed by atoms with E-state index in [-0.39, 0.29) is 18.7 Å². The molecule has 7 nitrogen and oxygen atoms in total. The van der Waals surface area contributed by atoms with Gasteiger partial charge in [0, 0.05) is 18.7 Å². The van der Waals surface area contributed by atoms with Crippen molar-refractivity contribution in [3.8, 4) is 17.2 Å². The average Bonchev–Trinajstić information content (AvgIpc) is 3.13. The van der Waals surface area contributed by atoms with E-state index in [1.807, 2.05) is 18.2 Å². The van der Waals surface area contributed by atoms with Gasteiger partial charge in [0.15, 0.2) is 11.5 Å². The first kappa shape index (κ1) is 19.5. The number of likely N-dealkylation sites (tertiary alicyclic amines) is 1. The number of carbonyl (C=O) groups is 1. The summed E-state index contributed by atoms with van der Waals surface area (Å²) in [6, 6.07) is 12.6. The molecule has 29 heavy (non-hydrogen) atoms. The zero-order valence-corrected chi connectivity index (χ0v) is 16.5. The summed E-state index contributed by atoms with van der Waals surface area (Å²) in [4.78, 5) is 14.9. The number of nitrogens with zero attached hydrogens (tertiary/aromatic N) is 1. The van der Waals surface area contributed by atoms with Crippen molar-refractivity contribution in [2.75, 3.05) is 27.0 Å². The fourth-order valence-corrected chi connectivity index (χ4v) is 3.79. The summed E-state index contributed by atoms with van der Waals surface area (Å²) in [6.07, 6.45) is 0.963. The van der Waals surface area contributed by atoms with Crippen LogP contribution in [-0.4, -0.2) is 55.1 Å². The van der Waals surface area contributed by atoms with Crippen LogP contribution in [0.1, 0.15) is 28.8 Å². The Balaban J connectivity index is 1.41. The maximum Gasteiger partial charge on any atom is 0.251 e. The fourth-order valence-electron chi connectivity index (χ4n) is 3.79. The number of aliphatic hydroxyl groups is 1. The molecule has 0 unspecified atom stereocenters. The van der Waals surface area contributed by atoms with Crippen molar-refractivity contribution >= 4 is 5.91 Å². The minimum Gasteiger partial charge on any atom is -0.497 e. The van der Waals surface area contributed by atoms with Crippen LogP contribution in [0.4, 0.5) is 0 Å². The standard InChI is InChI=1S/C22H26N2O5/c1-27-17-7-5-16(6-8-17)22(26)23-18-13-24(10-2-3-19(18)25)12-15-4-9-20-21(11-15)29-14-28-20/h4-9,11,18-19,25H,2-3,10,12-14H2,1H3,(H,23,26)/t18-,19+/m0/s1. The van der Waals surface area contributed by atoms with Crippen molar-refractivity contribution in [1.82, 2.24) is 10.2 Å². The van der Waals surface area contributed by atoms with E-state index >= 15 is 0 Å². The lowest BCUT2D eigenvalue weighted by atomic mass is 10.1. The third-order valence-corrected chi connectivity index (χ3v) is 5.41. The van der Waals surface area contributed by atoms with E-state index in [1.54, 1.807) is 31.4 Å². The molecule has 2 aromatic carbocycles. The number of ether oxygens (including phenoxy) is 3. The molecule has 0 radical (unpaired) electrons. The van der Waals surface area contributed by atoms with Gasteiger partial charge in [-0.3, -0.25) is 9.69 Å². The molecule has 2 heterocycles. The third kappa shape index (κ3) is 4.63. The summed E-state index contributed by atoms with van der Waals surface area (Å²) in [5, 5.41) is 13.5. The molecule has 2 N–H and O–H groups in total. The van der Waals surface area contributed by atoms with E-state index in [0.29, 0.717) is 24.3 Å². The molecular weight excluding hydrogens is 372 g/mol. The number of nitrogens with one attached hydrogen (secondary N) is 1. The van der Waals surface area contributed by atoms with Crippen LogP contribution < -0.4 is 19.5 Å². The molecule has 7 heteroatoms. The molecule has 154 valence electrons. The molecule has 2 aliphatic heterocycles. The molecule has 0 saturated carbocycles. The summed E-state index contributed by atoms with van der Waals surface area (Å²) in [5.74, 6) is 2.04. The second-order valence-electron chi connectivity index (χ2n) is 7.44. The van der Waals surface area contributed by atoms with Gasteiger partial charge in [0.25, 0.3) is 5.91 Å². The first-order valence-electron chi connectivity index (χ1n) is 9.86. The van der Waals surface area contributed by atoms with Crippen LogP contribution in [0.5, 0.6) is 17.2 Å². The van der Waals surface area contributed by atoms with Crippen molar-refractivity contribution < 1.29 is 24.1 Å². The molecule has 1 amide bonds. The maximum absolute atomic E-state index is 12.7. The fraction of sp³-hybridized carbons (Fsp3) is 0.409. The summed E-state index contributed by atoms with van der Waals surface area (Å²) in [6.45, 7) is 2.42. The van der Waals surface area contributed by atoms with Gasteiger partial charge in [-0.25, -0.2) is 0 Å². The highest BCUT2D eigenvalue weighted by molar-refractivity contribution is 5.94. The molecule has 2 atom stereocenters. The van der Waals surface area contributed by atoms with E-state index < -0.39 is 6.10 Å². The minimum absolute atomic E-state index is 0.193. The number of methoxy groups -OCH3 is 1. The Bertz CT molecular complexity index is 855. The van der Waals surface area contributed by atoms with Crippen molar-refractivity contribution in [1.29, 1.82) is 0 Å². The molecule has 2 aromatic rings. The van der Waals surface area contributed by atoms with Gasteiger partial charge < -0.3 is 24.6 Å². The topological polar surface area (TPSA) is 80.3 Å². The Kier molecular flexibility index (Phi) is 5.87. The molecule has 4 rings (SSSR count). The highest BCUT2D eigenvalue weighted by atomic mass is 16.7. The molecule has 1 fully saturated rings. The lowest BCUT2D eigenvalue weighted by Crippen LogP contribution is -2.48. The number of fused-ring (bicyclic) bond motifs is 1. The lowest BCUT2D eigenvalue weighted by Gasteiger charge is -2.27. The van der Waals surface area contributed by atoms with Crippen LogP contribution >= 0.6 is 0 Å². The van der Waals surface area contributed by atoms with Gasteiger partial charge >= 0.3 is 0 Å². The summed E-state index contributed by atoms with van der Waals surface area (Å²) >= 11 is 0. The predicted octanol–water partition coefficient (Wildman–Crippen LogP) is 2.18. The summed E-state index contributed by atoms with van der Waals surface area (Å²) in [5.41, 5.74) is 1.66. The highest BCUT2D eigenvalue weighted by Crippen LogP contribution is 2.33. The molecule has 1 saturated heterocycles. The first-order valence-corrected chi connectivity index (χ1v) is 9.86. The normalized spacial score (nSPS) is 21.4. The molecule has 0 aromatic heterocycles. The van der Waals surface area contributed by atoms with E-state index in [0.717, 1.165) is 36.6 Å². The van der Waals surface area contributed by atoms with E-state index in [2.05, 4.69) is 10.2 Å². The van der Waals surface area contributed by atoms with E-state index in [1.165, 1.54) is 0 Å². The summed E-state index contributed by atoms with van der Waals surface area (Å²) in [7, 11) is 1.59. The number of aliphatic hydroxyl groups excluding tert-OH is 1. The number of benzene rings is 2. The molecule has 0 aliphatic carbocycles. The van der Waals surface area contributed by atoms with Gasteiger partial charge in [0.1, 0.15) is 5.75 Å². The van der Waals surface area contributed by atoms with E-state index in [4.69, 9.17) is 14.2 Å². The van der Waals surface area contributed by atoms with Crippen LogP contribution in [0, 0.1) is 0 Å². The van der Waals surface area contributed by atoms with Crippen molar-refractivity contribution in [3.05, 3.63) is 53.6 Å². The molecule has 0 spiro atoms. The van der Waals surface area contributed by atoms with Gasteiger partial charge in [-0.15, -0.1) is 0 Å². The van der Waals surface area contributed by atoms with Gasteiger partial charge in [-0.2, -0.15) is 0 Å². The lowest BCUT2D eigenvalue weighted by molar-refractivity contribution is 0.0798. The molecule has 2 aliphatic rings. The second-order valence-corrected chi connectivity index (χ2v) is 7.44. The second kappa shape index (κ2) is 8.71. The Hall–Kier alpha value is -2.77.